The van der Waals surface area contributed by atoms with Crippen LogP contribution in [-0.4, -0.2) is 14.2 Å². The van der Waals surface area contributed by atoms with Crippen molar-refractivity contribution in [2.24, 2.45) is 0 Å². The Morgan fingerprint density at radius 2 is 2.08 bits per heavy atom. The Balaban J connectivity index is 3.11. The van der Waals surface area contributed by atoms with Crippen molar-refractivity contribution < 1.29 is 13.5 Å². The third-order valence-corrected chi connectivity index (χ3v) is 1.70. The fourth-order valence-corrected chi connectivity index (χ4v) is 1.09. The minimum atomic E-state index is -0.681. The van der Waals surface area contributed by atoms with Crippen LogP contribution in [0.1, 0.15) is 5.56 Å². The summed E-state index contributed by atoms with van der Waals surface area (Å²) in [7, 11) is 2.93. The SMILES string of the molecule is CNCc1ccc(F)c(OC)c1F. The third kappa shape index (κ3) is 1.95. The molecule has 2 nitrogen and oxygen atoms in total. The van der Waals surface area contributed by atoms with Crippen LogP contribution in [0, 0.1) is 11.6 Å². The Morgan fingerprint density at radius 3 is 2.62 bits per heavy atom. The maximum absolute atomic E-state index is 13.3. The fourth-order valence-electron chi connectivity index (χ4n) is 1.09. The molecule has 0 fully saturated rings. The van der Waals surface area contributed by atoms with Gasteiger partial charge in [-0.25, -0.2) is 8.78 Å². The van der Waals surface area contributed by atoms with E-state index in [2.05, 4.69) is 10.1 Å². The van der Waals surface area contributed by atoms with E-state index in [1.54, 1.807) is 7.05 Å². The van der Waals surface area contributed by atoms with Gasteiger partial charge in [-0.2, -0.15) is 0 Å². The van der Waals surface area contributed by atoms with E-state index in [1.807, 2.05) is 0 Å². The Morgan fingerprint density at radius 1 is 1.38 bits per heavy atom. The highest BCUT2D eigenvalue weighted by Crippen LogP contribution is 2.23. The molecule has 0 aliphatic carbocycles. The fraction of sp³-hybridized carbons (Fsp3) is 0.333. The normalized spacial score (nSPS) is 10.2. The number of methoxy groups -OCH3 is 1. The standard InChI is InChI=1S/C9H11F2NO/c1-12-5-6-3-4-7(10)9(13-2)8(6)11/h3-4,12H,5H2,1-2H3. The summed E-state index contributed by atoms with van der Waals surface area (Å²) in [4.78, 5) is 0. The van der Waals surface area contributed by atoms with E-state index in [0.29, 0.717) is 12.1 Å². The first-order chi connectivity index (χ1) is 6.20. The number of nitrogens with one attached hydrogen (secondary N) is 1. The highest BCUT2D eigenvalue weighted by atomic mass is 19.1. The van der Waals surface area contributed by atoms with E-state index >= 15 is 0 Å². The van der Waals surface area contributed by atoms with Gasteiger partial charge in [-0.15, -0.1) is 0 Å². The van der Waals surface area contributed by atoms with Crippen molar-refractivity contribution in [3.05, 3.63) is 29.3 Å². The predicted octanol–water partition coefficient (Wildman–Crippen LogP) is 1.69. The molecule has 1 rings (SSSR count). The summed E-state index contributed by atoms with van der Waals surface area (Å²) in [6.45, 7) is 0.350. The van der Waals surface area contributed by atoms with Crippen LogP contribution in [-0.2, 0) is 6.54 Å². The van der Waals surface area contributed by atoms with Gasteiger partial charge >= 0.3 is 0 Å². The zero-order valence-corrected chi connectivity index (χ0v) is 7.53. The van der Waals surface area contributed by atoms with Crippen molar-refractivity contribution in [2.75, 3.05) is 14.2 Å². The molecule has 0 amide bonds. The van der Waals surface area contributed by atoms with Gasteiger partial charge in [0.1, 0.15) is 0 Å². The van der Waals surface area contributed by atoms with Gasteiger partial charge in [0.15, 0.2) is 17.4 Å². The molecular formula is C9H11F2NO. The smallest absolute Gasteiger partial charge is 0.190 e. The van der Waals surface area contributed by atoms with E-state index in [4.69, 9.17) is 0 Å². The average Bonchev–Trinajstić information content (AvgIpc) is 2.11. The van der Waals surface area contributed by atoms with Crippen LogP contribution in [0.25, 0.3) is 0 Å². The molecule has 0 atom stereocenters. The lowest BCUT2D eigenvalue weighted by molar-refractivity contribution is 0.357. The number of halogens is 2. The van der Waals surface area contributed by atoms with Gasteiger partial charge < -0.3 is 10.1 Å². The summed E-state index contributed by atoms with van der Waals surface area (Å²) in [5.41, 5.74) is 0.390. The van der Waals surface area contributed by atoms with E-state index < -0.39 is 11.6 Å². The highest BCUT2D eigenvalue weighted by Gasteiger charge is 2.12. The van der Waals surface area contributed by atoms with Crippen molar-refractivity contribution in [2.45, 2.75) is 6.54 Å². The zero-order chi connectivity index (χ0) is 9.84. The highest BCUT2D eigenvalue weighted by molar-refractivity contribution is 5.32. The Kier molecular flexibility index (Phi) is 3.19. The molecule has 1 N–H and O–H groups in total. The number of hydrogen-bond donors (Lipinski definition) is 1. The third-order valence-electron chi connectivity index (χ3n) is 1.70. The van der Waals surface area contributed by atoms with Crippen LogP contribution in [0.4, 0.5) is 8.78 Å². The molecule has 0 aliphatic heterocycles. The molecule has 72 valence electrons. The summed E-state index contributed by atoms with van der Waals surface area (Å²) in [5.74, 6) is -1.65. The van der Waals surface area contributed by atoms with Gasteiger partial charge in [0.25, 0.3) is 0 Å². The first-order valence-corrected chi connectivity index (χ1v) is 3.86. The molecule has 0 unspecified atom stereocenters. The van der Waals surface area contributed by atoms with Crippen LogP contribution < -0.4 is 10.1 Å². The summed E-state index contributed by atoms with van der Waals surface area (Å²) in [5, 5.41) is 2.78. The quantitative estimate of drug-likeness (QED) is 0.777. The van der Waals surface area contributed by atoms with Crippen molar-refractivity contribution in [3.63, 3.8) is 0 Å². The second kappa shape index (κ2) is 4.18. The molecule has 0 saturated heterocycles. The minimum Gasteiger partial charge on any atom is -0.491 e. The lowest BCUT2D eigenvalue weighted by Crippen LogP contribution is -2.08. The molecule has 13 heavy (non-hydrogen) atoms. The van der Waals surface area contributed by atoms with Gasteiger partial charge in [0.05, 0.1) is 7.11 Å². The Bertz CT molecular complexity index is 302. The Labute approximate surface area is 75.5 Å². The van der Waals surface area contributed by atoms with Crippen molar-refractivity contribution in [3.8, 4) is 5.75 Å². The second-order valence-electron chi connectivity index (χ2n) is 2.58. The van der Waals surface area contributed by atoms with Gasteiger partial charge in [0, 0.05) is 12.1 Å². The topological polar surface area (TPSA) is 21.3 Å². The first-order valence-electron chi connectivity index (χ1n) is 3.86. The van der Waals surface area contributed by atoms with Gasteiger partial charge in [-0.05, 0) is 13.1 Å². The van der Waals surface area contributed by atoms with Crippen LogP contribution in [0.2, 0.25) is 0 Å². The summed E-state index contributed by atoms with van der Waals surface area (Å²) < 4.78 is 30.8. The van der Waals surface area contributed by atoms with Gasteiger partial charge in [-0.1, -0.05) is 6.07 Å². The average molecular weight is 187 g/mol. The number of hydrogen-bond acceptors (Lipinski definition) is 2. The molecule has 0 aromatic heterocycles. The molecule has 0 spiro atoms. The minimum absolute atomic E-state index is 0.326. The molecular weight excluding hydrogens is 176 g/mol. The maximum Gasteiger partial charge on any atom is 0.190 e. The molecule has 1 aromatic carbocycles. The largest absolute Gasteiger partial charge is 0.491 e. The lowest BCUT2D eigenvalue weighted by Gasteiger charge is -2.07. The molecule has 0 heterocycles. The molecule has 0 bridgehead atoms. The van der Waals surface area contributed by atoms with Crippen molar-refractivity contribution in [1.29, 1.82) is 0 Å². The number of ether oxygens (including phenoxy) is 1. The maximum atomic E-state index is 13.3. The second-order valence-corrected chi connectivity index (χ2v) is 2.58. The number of benzene rings is 1. The van der Waals surface area contributed by atoms with Gasteiger partial charge in [-0.3, -0.25) is 0 Å². The number of rotatable bonds is 3. The van der Waals surface area contributed by atoms with Crippen molar-refractivity contribution >= 4 is 0 Å². The van der Waals surface area contributed by atoms with Crippen LogP contribution >= 0.6 is 0 Å². The van der Waals surface area contributed by atoms with Crippen LogP contribution in [0.5, 0.6) is 5.75 Å². The molecule has 0 aliphatic rings. The Hall–Kier alpha value is -1.16. The summed E-state index contributed by atoms with van der Waals surface area (Å²) >= 11 is 0. The van der Waals surface area contributed by atoms with Gasteiger partial charge in [0.2, 0.25) is 0 Å². The van der Waals surface area contributed by atoms with Crippen LogP contribution in [0.15, 0.2) is 12.1 Å². The monoisotopic (exact) mass is 187 g/mol. The summed E-state index contributed by atoms with van der Waals surface area (Å²) in [6, 6.07) is 2.58. The van der Waals surface area contributed by atoms with E-state index in [9.17, 15) is 8.78 Å². The van der Waals surface area contributed by atoms with E-state index in [0.717, 1.165) is 0 Å². The van der Waals surface area contributed by atoms with E-state index in [1.165, 1.54) is 19.2 Å². The molecule has 0 saturated carbocycles. The van der Waals surface area contributed by atoms with Crippen molar-refractivity contribution in [1.82, 2.24) is 5.32 Å². The predicted molar refractivity (Wildman–Crippen MR) is 45.7 cm³/mol. The molecule has 0 radical (unpaired) electrons. The first kappa shape index (κ1) is 9.92. The lowest BCUT2D eigenvalue weighted by atomic mass is 10.2. The zero-order valence-electron chi connectivity index (χ0n) is 7.53. The van der Waals surface area contributed by atoms with Crippen LogP contribution in [0.3, 0.4) is 0 Å². The molecule has 4 heteroatoms. The summed E-state index contributed by atoms with van der Waals surface area (Å²) in [6.07, 6.45) is 0. The van der Waals surface area contributed by atoms with E-state index in [-0.39, 0.29) is 5.75 Å². The molecule has 1 aromatic rings.